The van der Waals surface area contributed by atoms with E-state index in [0.29, 0.717) is 29.6 Å². The molecule has 1 N–H and O–H groups in total. The summed E-state index contributed by atoms with van der Waals surface area (Å²) in [6, 6.07) is 10.5. The maximum atomic E-state index is 13.5. The number of benzene rings is 2. The Balaban J connectivity index is 1.89. The zero-order valence-electron chi connectivity index (χ0n) is 17.3. The zero-order chi connectivity index (χ0) is 22.4. The van der Waals surface area contributed by atoms with Gasteiger partial charge in [0.25, 0.3) is 10.0 Å². The van der Waals surface area contributed by atoms with E-state index in [2.05, 4.69) is 5.32 Å². The fraction of sp³-hybridized carbons (Fsp3) is 0.381. The molecule has 1 amide bonds. The third-order valence-electron chi connectivity index (χ3n) is 4.90. The predicted octanol–water partition coefficient (Wildman–Crippen LogP) is 2.85. The SMILES string of the molecule is COc1ccc(S(=O)(=O)N(CC(=O)NCC2CCCO2)c2ccc(Cl)cc2)cc1OC. The number of ether oxygens (including phenoxy) is 3. The van der Waals surface area contributed by atoms with Gasteiger partial charge < -0.3 is 19.5 Å². The quantitative estimate of drug-likeness (QED) is 0.608. The summed E-state index contributed by atoms with van der Waals surface area (Å²) >= 11 is 5.96. The van der Waals surface area contributed by atoms with Crippen LogP contribution in [0.5, 0.6) is 11.5 Å². The van der Waals surface area contributed by atoms with E-state index >= 15 is 0 Å². The Morgan fingerprint density at radius 1 is 1.16 bits per heavy atom. The Labute approximate surface area is 187 Å². The summed E-state index contributed by atoms with van der Waals surface area (Å²) in [5, 5.41) is 3.21. The molecule has 2 aromatic rings. The van der Waals surface area contributed by atoms with Crippen LogP contribution in [0.25, 0.3) is 0 Å². The van der Waals surface area contributed by atoms with Crippen LogP contribution in [-0.2, 0) is 19.6 Å². The Bertz CT molecular complexity index is 1010. The Morgan fingerprint density at radius 3 is 2.48 bits per heavy atom. The summed E-state index contributed by atoms with van der Waals surface area (Å²) in [6.45, 7) is 0.611. The van der Waals surface area contributed by atoms with Crippen molar-refractivity contribution in [2.24, 2.45) is 0 Å². The molecule has 0 saturated carbocycles. The van der Waals surface area contributed by atoms with Gasteiger partial charge in [-0.15, -0.1) is 0 Å². The number of nitrogens with zero attached hydrogens (tertiary/aromatic N) is 1. The first-order valence-corrected chi connectivity index (χ1v) is 11.6. The molecule has 8 nitrogen and oxygen atoms in total. The molecule has 0 aliphatic carbocycles. The average molecular weight is 469 g/mol. The number of hydrogen-bond acceptors (Lipinski definition) is 6. The van der Waals surface area contributed by atoms with Crippen molar-refractivity contribution >= 4 is 33.2 Å². The van der Waals surface area contributed by atoms with Gasteiger partial charge in [0.05, 0.1) is 30.9 Å². The van der Waals surface area contributed by atoms with Crippen molar-refractivity contribution in [3.05, 3.63) is 47.5 Å². The number of anilines is 1. The van der Waals surface area contributed by atoms with Gasteiger partial charge in [-0.2, -0.15) is 0 Å². The van der Waals surface area contributed by atoms with Crippen molar-refractivity contribution < 1.29 is 27.4 Å². The lowest BCUT2D eigenvalue weighted by Crippen LogP contribution is -2.42. The topological polar surface area (TPSA) is 94.2 Å². The molecule has 0 radical (unpaired) electrons. The van der Waals surface area contributed by atoms with Gasteiger partial charge in [0, 0.05) is 24.2 Å². The maximum Gasteiger partial charge on any atom is 0.264 e. The number of amides is 1. The van der Waals surface area contributed by atoms with Crippen LogP contribution in [0.3, 0.4) is 0 Å². The van der Waals surface area contributed by atoms with Gasteiger partial charge in [-0.25, -0.2) is 8.42 Å². The minimum atomic E-state index is -4.09. The lowest BCUT2D eigenvalue weighted by molar-refractivity contribution is -0.120. The van der Waals surface area contributed by atoms with Crippen molar-refractivity contribution in [3.63, 3.8) is 0 Å². The highest BCUT2D eigenvalue weighted by Crippen LogP contribution is 2.32. The van der Waals surface area contributed by atoms with Crippen molar-refractivity contribution in [1.29, 1.82) is 0 Å². The molecule has 0 bridgehead atoms. The smallest absolute Gasteiger partial charge is 0.264 e. The summed E-state index contributed by atoms with van der Waals surface area (Å²) in [5.41, 5.74) is 0.312. The monoisotopic (exact) mass is 468 g/mol. The third kappa shape index (κ3) is 5.61. The second-order valence-corrected chi connectivity index (χ2v) is 9.24. The van der Waals surface area contributed by atoms with Crippen molar-refractivity contribution in [1.82, 2.24) is 5.32 Å². The summed E-state index contributed by atoms with van der Waals surface area (Å²) < 4.78 is 43.9. The first-order valence-electron chi connectivity index (χ1n) is 9.74. The Hall–Kier alpha value is -2.49. The summed E-state index contributed by atoms with van der Waals surface area (Å²) in [7, 11) is -1.21. The van der Waals surface area contributed by atoms with Crippen LogP contribution in [0.1, 0.15) is 12.8 Å². The minimum absolute atomic E-state index is 0.0352. The number of carbonyl (C=O) groups excluding carboxylic acids is 1. The predicted molar refractivity (Wildman–Crippen MR) is 118 cm³/mol. The molecule has 1 saturated heterocycles. The second kappa shape index (κ2) is 10.2. The molecule has 0 spiro atoms. The number of carbonyl (C=O) groups is 1. The number of hydrogen-bond donors (Lipinski definition) is 1. The number of sulfonamides is 1. The molecule has 1 heterocycles. The van der Waals surface area contributed by atoms with Gasteiger partial charge in [0.1, 0.15) is 6.54 Å². The van der Waals surface area contributed by atoms with Crippen LogP contribution in [0.15, 0.2) is 47.4 Å². The molecule has 2 aromatic carbocycles. The van der Waals surface area contributed by atoms with E-state index < -0.39 is 22.5 Å². The van der Waals surface area contributed by atoms with Crippen LogP contribution in [-0.4, -0.2) is 54.3 Å². The molecule has 0 aromatic heterocycles. The summed E-state index contributed by atoms with van der Waals surface area (Å²) in [4.78, 5) is 12.6. The fourth-order valence-electron chi connectivity index (χ4n) is 3.25. The van der Waals surface area contributed by atoms with E-state index in [-0.39, 0.29) is 16.7 Å². The van der Waals surface area contributed by atoms with E-state index in [0.717, 1.165) is 17.1 Å². The highest BCUT2D eigenvalue weighted by molar-refractivity contribution is 7.92. The molecule has 1 aliphatic heterocycles. The number of rotatable bonds is 9. The lowest BCUT2D eigenvalue weighted by atomic mass is 10.2. The van der Waals surface area contributed by atoms with Crippen molar-refractivity contribution in [2.45, 2.75) is 23.8 Å². The molecular formula is C21H25ClN2O6S. The second-order valence-electron chi connectivity index (χ2n) is 6.94. The molecule has 1 unspecified atom stereocenters. The highest BCUT2D eigenvalue weighted by Gasteiger charge is 2.29. The molecular weight excluding hydrogens is 444 g/mol. The number of nitrogens with one attached hydrogen (secondary N) is 1. The highest BCUT2D eigenvalue weighted by atomic mass is 35.5. The van der Waals surface area contributed by atoms with Crippen LogP contribution < -0.4 is 19.1 Å². The normalized spacial score (nSPS) is 16.0. The molecule has 1 aliphatic rings. The van der Waals surface area contributed by atoms with Crippen LogP contribution >= 0.6 is 11.6 Å². The van der Waals surface area contributed by atoms with Crippen LogP contribution in [0.2, 0.25) is 5.02 Å². The lowest BCUT2D eigenvalue weighted by Gasteiger charge is -2.25. The number of methoxy groups -OCH3 is 2. The minimum Gasteiger partial charge on any atom is -0.493 e. The van der Waals surface area contributed by atoms with Gasteiger partial charge in [0.15, 0.2) is 11.5 Å². The maximum absolute atomic E-state index is 13.5. The molecule has 10 heteroatoms. The van der Waals surface area contributed by atoms with Crippen molar-refractivity contribution in [2.75, 3.05) is 38.2 Å². The third-order valence-corrected chi connectivity index (χ3v) is 6.92. The standard InChI is InChI=1S/C21H25ClN2O6S/c1-28-19-10-9-18(12-20(19)29-2)31(26,27)24(16-7-5-15(22)6-8-16)14-21(25)23-13-17-4-3-11-30-17/h5-10,12,17H,3-4,11,13-14H2,1-2H3,(H,23,25). The fourth-order valence-corrected chi connectivity index (χ4v) is 4.81. The van der Waals surface area contributed by atoms with Gasteiger partial charge in [0.2, 0.25) is 5.91 Å². The van der Waals surface area contributed by atoms with Crippen LogP contribution in [0.4, 0.5) is 5.69 Å². The van der Waals surface area contributed by atoms with E-state index in [9.17, 15) is 13.2 Å². The number of halogens is 1. The molecule has 1 atom stereocenters. The Morgan fingerprint density at radius 2 is 1.87 bits per heavy atom. The molecule has 168 valence electrons. The largest absolute Gasteiger partial charge is 0.493 e. The van der Waals surface area contributed by atoms with Gasteiger partial charge in [-0.3, -0.25) is 9.10 Å². The van der Waals surface area contributed by atoms with Crippen LogP contribution in [0, 0.1) is 0 Å². The molecule has 3 rings (SSSR count). The zero-order valence-corrected chi connectivity index (χ0v) is 18.9. The van der Waals surface area contributed by atoms with E-state index in [1.807, 2.05) is 0 Å². The van der Waals surface area contributed by atoms with E-state index in [1.54, 1.807) is 24.3 Å². The first-order chi connectivity index (χ1) is 14.8. The van der Waals surface area contributed by atoms with E-state index in [1.165, 1.54) is 32.4 Å². The van der Waals surface area contributed by atoms with Crippen molar-refractivity contribution in [3.8, 4) is 11.5 Å². The molecule has 31 heavy (non-hydrogen) atoms. The average Bonchev–Trinajstić information content (AvgIpc) is 3.30. The summed E-state index contributed by atoms with van der Waals surface area (Å²) in [5.74, 6) is 0.228. The van der Waals surface area contributed by atoms with E-state index in [4.69, 9.17) is 25.8 Å². The van der Waals surface area contributed by atoms with Gasteiger partial charge in [-0.05, 0) is 49.2 Å². The first kappa shape index (κ1) is 23.2. The van der Waals surface area contributed by atoms with Gasteiger partial charge in [-0.1, -0.05) is 11.6 Å². The molecule has 1 fully saturated rings. The van der Waals surface area contributed by atoms with Gasteiger partial charge >= 0.3 is 0 Å². The Kier molecular flexibility index (Phi) is 7.64. The summed E-state index contributed by atoms with van der Waals surface area (Å²) in [6.07, 6.45) is 1.77.